The van der Waals surface area contributed by atoms with Crippen LogP contribution < -0.4 is 10.6 Å². The lowest BCUT2D eigenvalue weighted by Gasteiger charge is -2.09. The van der Waals surface area contributed by atoms with Gasteiger partial charge in [-0.05, 0) is 29.8 Å². The molecule has 0 bridgehead atoms. The third kappa shape index (κ3) is 3.82. The standard InChI is InChI=1S/C14H11F3N4O2S/c15-14(16,17)23-10-5-3-9(4-6-10)8-24-13-20-19-12(21(13)18)11-2-1-7-22-11/h1-7H,8,18H2. The van der Waals surface area contributed by atoms with Crippen LogP contribution in [0.3, 0.4) is 0 Å². The number of rotatable bonds is 5. The van der Waals surface area contributed by atoms with E-state index >= 15 is 0 Å². The SMILES string of the molecule is Nn1c(SCc2ccc(OC(F)(F)F)cc2)nnc1-c1ccco1. The van der Waals surface area contributed by atoms with Gasteiger partial charge >= 0.3 is 6.36 Å². The molecule has 3 aromatic rings. The highest BCUT2D eigenvalue weighted by atomic mass is 32.2. The van der Waals surface area contributed by atoms with Gasteiger partial charge in [-0.15, -0.1) is 23.4 Å². The highest BCUT2D eigenvalue weighted by Crippen LogP contribution is 2.27. The Kier molecular flexibility index (Phi) is 4.38. The zero-order valence-electron chi connectivity index (χ0n) is 12.0. The topological polar surface area (TPSA) is 79.1 Å². The van der Waals surface area contributed by atoms with E-state index in [-0.39, 0.29) is 5.75 Å². The van der Waals surface area contributed by atoms with E-state index in [1.165, 1.54) is 34.8 Å². The molecule has 0 fully saturated rings. The summed E-state index contributed by atoms with van der Waals surface area (Å²) in [5.41, 5.74) is 0.789. The minimum Gasteiger partial charge on any atom is -0.461 e. The molecule has 0 aliphatic heterocycles. The van der Waals surface area contributed by atoms with Crippen molar-refractivity contribution in [3.8, 4) is 17.3 Å². The molecule has 0 aliphatic rings. The monoisotopic (exact) mass is 356 g/mol. The van der Waals surface area contributed by atoms with Crippen LogP contribution >= 0.6 is 11.8 Å². The first-order chi connectivity index (χ1) is 11.4. The number of hydrogen-bond donors (Lipinski definition) is 1. The average molecular weight is 356 g/mol. The van der Waals surface area contributed by atoms with E-state index in [1.54, 1.807) is 24.3 Å². The summed E-state index contributed by atoms with van der Waals surface area (Å²) in [6.45, 7) is 0. The molecule has 0 saturated heterocycles. The van der Waals surface area contributed by atoms with Crippen LogP contribution in [0.2, 0.25) is 0 Å². The lowest BCUT2D eigenvalue weighted by molar-refractivity contribution is -0.274. The Hall–Kier alpha value is -2.62. The zero-order valence-corrected chi connectivity index (χ0v) is 12.8. The van der Waals surface area contributed by atoms with Gasteiger partial charge in [0, 0.05) is 5.75 Å². The second-order valence-corrected chi connectivity index (χ2v) is 5.58. The van der Waals surface area contributed by atoms with Gasteiger partial charge < -0.3 is 15.0 Å². The number of thioether (sulfide) groups is 1. The van der Waals surface area contributed by atoms with E-state index < -0.39 is 6.36 Å². The number of ether oxygens (including phenoxy) is 1. The van der Waals surface area contributed by atoms with Crippen molar-refractivity contribution in [1.29, 1.82) is 0 Å². The fourth-order valence-corrected chi connectivity index (χ4v) is 2.70. The summed E-state index contributed by atoms with van der Waals surface area (Å²) in [6, 6.07) is 9.01. The van der Waals surface area contributed by atoms with Crippen LogP contribution in [0.4, 0.5) is 13.2 Å². The van der Waals surface area contributed by atoms with Crippen LogP contribution in [0.1, 0.15) is 5.56 Å². The van der Waals surface area contributed by atoms with Crippen molar-refractivity contribution < 1.29 is 22.3 Å². The predicted molar refractivity (Wildman–Crippen MR) is 80.6 cm³/mol. The number of alkyl halides is 3. The van der Waals surface area contributed by atoms with Gasteiger partial charge in [0.1, 0.15) is 5.75 Å². The number of benzene rings is 1. The number of aromatic nitrogens is 3. The Labute approximate surface area is 138 Å². The van der Waals surface area contributed by atoms with Crippen LogP contribution in [0, 0.1) is 0 Å². The quantitative estimate of drug-likeness (QED) is 0.557. The highest BCUT2D eigenvalue weighted by molar-refractivity contribution is 7.98. The maximum Gasteiger partial charge on any atom is 0.573 e. The van der Waals surface area contributed by atoms with Crippen molar-refractivity contribution in [1.82, 2.24) is 14.9 Å². The maximum atomic E-state index is 12.1. The minimum absolute atomic E-state index is 0.265. The van der Waals surface area contributed by atoms with E-state index in [0.717, 1.165) is 5.56 Å². The molecule has 6 nitrogen and oxygen atoms in total. The van der Waals surface area contributed by atoms with Gasteiger partial charge in [0.05, 0.1) is 6.26 Å². The molecule has 0 aliphatic carbocycles. The molecule has 0 radical (unpaired) electrons. The van der Waals surface area contributed by atoms with E-state index in [9.17, 15) is 13.2 Å². The summed E-state index contributed by atoms with van der Waals surface area (Å²) in [5, 5.41) is 8.38. The van der Waals surface area contributed by atoms with Crippen molar-refractivity contribution in [2.24, 2.45) is 0 Å². The molecule has 126 valence electrons. The predicted octanol–water partition coefficient (Wildman–Crippen LogP) is 3.44. The molecule has 0 unspecified atom stereocenters. The number of halogens is 3. The van der Waals surface area contributed by atoms with E-state index in [2.05, 4.69) is 14.9 Å². The lowest BCUT2D eigenvalue weighted by atomic mass is 10.2. The molecule has 0 spiro atoms. The summed E-state index contributed by atoms with van der Waals surface area (Å²) >= 11 is 1.30. The van der Waals surface area contributed by atoms with Crippen molar-refractivity contribution in [3.05, 3.63) is 48.2 Å². The summed E-state index contributed by atoms with van der Waals surface area (Å²) in [7, 11) is 0. The highest BCUT2D eigenvalue weighted by Gasteiger charge is 2.30. The molecular formula is C14H11F3N4O2S. The van der Waals surface area contributed by atoms with Crippen molar-refractivity contribution >= 4 is 11.8 Å². The van der Waals surface area contributed by atoms with Gasteiger partial charge in [-0.3, -0.25) is 0 Å². The first kappa shape index (κ1) is 16.2. The summed E-state index contributed by atoms with van der Waals surface area (Å²) in [5.74, 6) is 6.99. The molecule has 1 aromatic carbocycles. The number of nitrogen functional groups attached to an aromatic ring is 1. The second kappa shape index (κ2) is 6.48. The third-order valence-electron chi connectivity index (χ3n) is 2.93. The van der Waals surface area contributed by atoms with E-state index in [0.29, 0.717) is 22.5 Å². The summed E-state index contributed by atoms with van der Waals surface area (Å²) in [4.78, 5) is 0. The number of nitrogens with two attached hydrogens (primary N) is 1. The molecule has 2 aromatic heterocycles. The first-order valence-electron chi connectivity index (χ1n) is 6.64. The number of nitrogens with zero attached hydrogens (tertiary/aromatic N) is 3. The average Bonchev–Trinajstić information content (AvgIpc) is 3.15. The van der Waals surface area contributed by atoms with Gasteiger partial charge in [0.2, 0.25) is 11.0 Å². The number of hydrogen-bond acceptors (Lipinski definition) is 6. The van der Waals surface area contributed by atoms with Crippen LogP contribution in [0.15, 0.2) is 52.2 Å². The Morgan fingerprint density at radius 2 is 1.92 bits per heavy atom. The van der Waals surface area contributed by atoms with Gasteiger partial charge in [0.15, 0.2) is 5.76 Å². The molecule has 2 heterocycles. The molecule has 10 heteroatoms. The van der Waals surface area contributed by atoms with Crippen LogP contribution in [-0.4, -0.2) is 21.2 Å². The molecule has 2 N–H and O–H groups in total. The van der Waals surface area contributed by atoms with Gasteiger partial charge in [-0.1, -0.05) is 23.9 Å². The number of furan rings is 1. The van der Waals surface area contributed by atoms with Crippen molar-refractivity contribution in [3.63, 3.8) is 0 Å². The Bertz CT molecular complexity index is 801. The second-order valence-electron chi connectivity index (χ2n) is 4.63. The zero-order chi connectivity index (χ0) is 17.2. The molecule has 0 atom stereocenters. The first-order valence-corrected chi connectivity index (χ1v) is 7.63. The molecule has 0 amide bonds. The normalized spacial score (nSPS) is 11.6. The van der Waals surface area contributed by atoms with Gasteiger partial charge in [-0.2, -0.15) is 0 Å². The Morgan fingerprint density at radius 3 is 2.54 bits per heavy atom. The molecule has 3 rings (SSSR count). The molecule has 0 saturated carbocycles. The summed E-state index contributed by atoms with van der Waals surface area (Å²) < 4.78 is 46.7. The van der Waals surface area contributed by atoms with Crippen molar-refractivity contribution in [2.45, 2.75) is 17.3 Å². The minimum atomic E-state index is -4.70. The molecule has 24 heavy (non-hydrogen) atoms. The van der Waals surface area contributed by atoms with Gasteiger partial charge in [-0.25, -0.2) is 4.68 Å². The fraction of sp³-hybridized carbons (Fsp3) is 0.143. The Balaban J connectivity index is 1.64. The largest absolute Gasteiger partial charge is 0.573 e. The van der Waals surface area contributed by atoms with Crippen LogP contribution in [0.5, 0.6) is 5.75 Å². The van der Waals surface area contributed by atoms with E-state index in [1.807, 2.05) is 0 Å². The summed E-state index contributed by atoms with van der Waals surface area (Å²) in [6.07, 6.45) is -3.20. The lowest BCUT2D eigenvalue weighted by Crippen LogP contribution is -2.17. The smallest absolute Gasteiger partial charge is 0.461 e. The maximum absolute atomic E-state index is 12.1. The Morgan fingerprint density at radius 1 is 1.17 bits per heavy atom. The van der Waals surface area contributed by atoms with Gasteiger partial charge in [0.25, 0.3) is 0 Å². The van der Waals surface area contributed by atoms with Crippen LogP contribution in [0.25, 0.3) is 11.6 Å². The van der Waals surface area contributed by atoms with Crippen molar-refractivity contribution in [2.75, 3.05) is 5.84 Å². The molecular weight excluding hydrogens is 345 g/mol. The van der Waals surface area contributed by atoms with Crippen LogP contribution in [-0.2, 0) is 5.75 Å². The fourth-order valence-electron chi connectivity index (χ4n) is 1.88. The van der Waals surface area contributed by atoms with E-state index in [4.69, 9.17) is 10.3 Å². The third-order valence-corrected chi connectivity index (χ3v) is 3.95.